The predicted molar refractivity (Wildman–Crippen MR) is 63.9 cm³/mol. The minimum atomic E-state index is -0.988. The van der Waals surface area contributed by atoms with Crippen LogP contribution in [0.25, 0.3) is 0 Å². The molecule has 1 heterocycles. The first-order chi connectivity index (χ1) is 7.45. The first-order valence-corrected chi connectivity index (χ1v) is 5.36. The fourth-order valence-electron chi connectivity index (χ4n) is 1.51. The average Bonchev–Trinajstić information content (AvgIpc) is 2.26. The summed E-state index contributed by atoms with van der Waals surface area (Å²) in [6, 6.07) is 3.81. The highest BCUT2D eigenvalue weighted by atomic mass is 16.4. The minimum Gasteiger partial charge on any atom is -0.476 e. The van der Waals surface area contributed by atoms with E-state index in [0.29, 0.717) is 11.6 Å². The van der Waals surface area contributed by atoms with Gasteiger partial charge in [0.15, 0.2) is 5.69 Å². The lowest BCUT2D eigenvalue weighted by Crippen LogP contribution is -2.34. The van der Waals surface area contributed by atoms with Gasteiger partial charge in [-0.2, -0.15) is 0 Å². The summed E-state index contributed by atoms with van der Waals surface area (Å²) in [6.45, 7) is 6.29. The first-order valence-electron chi connectivity index (χ1n) is 5.36. The van der Waals surface area contributed by atoms with Gasteiger partial charge in [-0.1, -0.05) is 13.8 Å². The van der Waals surface area contributed by atoms with Crippen molar-refractivity contribution in [1.29, 1.82) is 0 Å². The summed E-state index contributed by atoms with van der Waals surface area (Å²) in [5.74, 6) is -0.537. The van der Waals surface area contributed by atoms with E-state index in [4.69, 9.17) is 5.11 Å². The fourth-order valence-corrected chi connectivity index (χ4v) is 1.51. The van der Waals surface area contributed by atoms with Crippen LogP contribution in [0, 0.1) is 5.92 Å². The molecule has 16 heavy (non-hydrogen) atoms. The Balaban J connectivity index is 3.08. The molecule has 0 radical (unpaired) electrons. The topological polar surface area (TPSA) is 53.4 Å². The lowest BCUT2D eigenvalue weighted by molar-refractivity contribution is 0.0691. The maximum absolute atomic E-state index is 11.0. The van der Waals surface area contributed by atoms with E-state index in [0.717, 1.165) is 0 Å². The zero-order valence-corrected chi connectivity index (χ0v) is 10.1. The van der Waals surface area contributed by atoms with Crippen LogP contribution < -0.4 is 4.90 Å². The molecule has 1 aromatic rings. The summed E-state index contributed by atoms with van der Waals surface area (Å²) in [5, 5.41) is 9.05. The number of aromatic nitrogens is 1. The van der Waals surface area contributed by atoms with E-state index >= 15 is 0 Å². The van der Waals surface area contributed by atoms with Gasteiger partial charge in [0.05, 0.1) is 5.69 Å². The third-order valence-electron chi connectivity index (χ3n) is 2.94. The molecule has 0 aromatic carbocycles. The second-order valence-electron chi connectivity index (χ2n) is 4.27. The van der Waals surface area contributed by atoms with Crippen LogP contribution in [0.1, 0.15) is 31.3 Å². The Kier molecular flexibility index (Phi) is 3.88. The van der Waals surface area contributed by atoms with Crippen molar-refractivity contribution in [2.75, 3.05) is 11.9 Å². The Morgan fingerprint density at radius 3 is 2.56 bits per heavy atom. The van der Waals surface area contributed by atoms with Crippen molar-refractivity contribution in [2.24, 2.45) is 5.92 Å². The average molecular weight is 222 g/mol. The normalized spacial score (nSPS) is 12.6. The van der Waals surface area contributed by atoms with Crippen LogP contribution in [0.4, 0.5) is 5.69 Å². The van der Waals surface area contributed by atoms with E-state index in [1.54, 1.807) is 12.1 Å². The molecule has 0 aliphatic carbocycles. The molecule has 0 fully saturated rings. The van der Waals surface area contributed by atoms with Crippen LogP contribution in [-0.4, -0.2) is 29.1 Å². The number of carbonyl (C=O) groups is 1. The van der Waals surface area contributed by atoms with Gasteiger partial charge in [0.2, 0.25) is 0 Å². The zero-order valence-electron chi connectivity index (χ0n) is 10.1. The van der Waals surface area contributed by atoms with Crippen LogP contribution in [0.2, 0.25) is 0 Å². The van der Waals surface area contributed by atoms with Gasteiger partial charge in [-0.3, -0.25) is 0 Å². The van der Waals surface area contributed by atoms with Crippen LogP contribution in [-0.2, 0) is 0 Å². The fraction of sp³-hybridized carbons (Fsp3) is 0.500. The van der Waals surface area contributed by atoms with E-state index in [-0.39, 0.29) is 11.7 Å². The van der Waals surface area contributed by atoms with Crippen molar-refractivity contribution in [3.63, 3.8) is 0 Å². The Bertz CT molecular complexity index is 377. The van der Waals surface area contributed by atoms with Crippen molar-refractivity contribution in [3.8, 4) is 0 Å². The number of hydrogen-bond acceptors (Lipinski definition) is 3. The molecule has 4 heteroatoms. The lowest BCUT2D eigenvalue weighted by Gasteiger charge is -2.30. The molecule has 0 saturated heterocycles. The number of aromatic carboxylic acids is 1. The van der Waals surface area contributed by atoms with E-state index < -0.39 is 5.97 Å². The highest BCUT2D eigenvalue weighted by molar-refractivity contribution is 5.92. The van der Waals surface area contributed by atoms with Gasteiger partial charge in [0.1, 0.15) is 0 Å². The SMILES string of the molecule is CC(C)C(C)N(C)c1cccnc1C(=O)O. The molecular weight excluding hydrogens is 204 g/mol. The second kappa shape index (κ2) is 4.96. The summed E-state index contributed by atoms with van der Waals surface area (Å²) < 4.78 is 0. The van der Waals surface area contributed by atoms with E-state index in [1.165, 1.54) is 6.20 Å². The molecule has 1 N–H and O–H groups in total. The number of hydrogen-bond donors (Lipinski definition) is 1. The zero-order chi connectivity index (χ0) is 12.3. The molecule has 1 aromatic heterocycles. The van der Waals surface area contributed by atoms with Gasteiger partial charge in [0, 0.05) is 19.3 Å². The molecule has 0 bridgehead atoms. The molecule has 0 saturated carbocycles. The maximum atomic E-state index is 11.0. The third kappa shape index (κ3) is 2.51. The van der Waals surface area contributed by atoms with Gasteiger partial charge in [0.25, 0.3) is 0 Å². The summed E-state index contributed by atoms with van der Waals surface area (Å²) in [5.41, 5.74) is 0.772. The monoisotopic (exact) mass is 222 g/mol. The van der Waals surface area contributed by atoms with E-state index in [9.17, 15) is 4.79 Å². The number of pyridine rings is 1. The number of carboxylic acid groups (broad SMARTS) is 1. The molecule has 0 aliphatic heterocycles. The third-order valence-corrected chi connectivity index (χ3v) is 2.94. The van der Waals surface area contributed by atoms with Crippen LogP contribution in [0.5, 0.6) is 0 Å². The van der Waals surface area contributed by atoms with Crippen molar-refractivity contribution in [3.05, 3.63) is 24.0 Å². The van der Waals surface area contributed by atoms with E-state index in [2.05, 4.69) is 25.8 Å². The van der Waals surface area contributed by atoms with Gasteiger partial charge in [-0.15, -0.1) is 0 Å². The quantitative estimate of drug-likeness (QED) is 0.849. The molecule has 0 spiro atoms. The smallest absolute Gasteiger partial charge is 0.356 e. The maximum Gasteiger partial charge on any atom is 0.356 e. The summed E-state index contributed by atoms with van der Waals surface area (Å²) in [7, 11) is 1.90. The van der Waals surface area contributed by atoms with Crippen molar-refractivity contribution in [1.82, 2.24) is 4.98 Å². The Hall–Kier alpha value is -1.58. The van der Waals surface area contributed by atoms with Gasteiger partial charge >= 0.3 is 5.97 Å². The molecule has 1 atom stereocenters. The molecular formula is C12H18N2O2. The lowest BCUT2D eigenvalue weighted by atomic mass is 10.0. The molecule has 4 nitrogen and oxygen atoms in total. The Morgan fingerprint density at radius 2 is 2.06 bits per heavy atom. The number of nitrogens with zero attached hydrogens (tertiary/aromatic N) is 2. The number of carboxylic acids is 1. The number of anilines is 1. The molecule has 1 rings (SSSR count). The summed E-state index contributed by atoms with van der Waals surface area (Å²) in [6.07, 6.45) is 1.50. The van der Waals surface area contributed by atoms with Crippen LogP contribution in [0.3, 0.4) is 0 Å². The second-order valence-corrected chi connectivity index (χ2v) is 4.27. The Morgan fingerprint density at radius 1 is 1.44 bits per heavy atom. The van der Waals surface area contributed by atoms with Crippen LogP contribution in [0.15, 0.2) is 18.3 Å². The highest BCUT2D eigenvalue weighted by Crippen LogP contribution is 2.21. The molecule has 0 amide bonds. The predicted octanol–water partition coefficient (Wildman–Crippen LogP) is 2.26. The molecule has 0 aliphatic rings. The highest BCUT2D eigenvalue weighted by Gasteiger charge is 2.19. The van der Waals surface area contributed by atoms with Gasteiger partial charge < -0.3 is 10.0 Å². The summed E-state index contributed by atoms with van der Waals surface area (Å²) in [4.78, 5) is 16.9. The Labute approximate surface area is 95.9 Å². The van der Waals surface area contributed by atoms with Crippen molar-refractivity contribution in [2.45, 2.75) is 26.8 Å². The molecule has 1 unspecified atom stereocenters. The largest absolute Gasteiger partial charge is 0.476 e. The van der Waals surface area contributed by atoms with E-state index in [1.807, 2.05) is 11.9 Å². The van der Waals surface area contributed by atoms with Gasteiger partial charge in [-0.25, -0.2) is 9.78 Å². The van der Waals surface area contributed by atoms with Gasteiger partial charge in [-0.05, 0) is 25.0 Å². The van der Waals surface area contributed by atoms with Crippen molar-refractivity contribution >= 4 is 11.7 Å². The summed E-state index contributed by atoms with van der Waals surface area (Å²) >= 11 is 0. The van der Waals surface area contributed by atoms with Crippen molar-refractivity contribution < 1.29 is 9.90 Å². The standard InChI is InChI=1S/C12H18N2O2/c1-8(2)9(3)14(4)10-6-5-7-13-11(10)12(15)16/h5-9H,1-4H3,(H,15,16). The van der Waals surface area contributed by atoms with Crippen LogP contribution >= 0.6 is 0 Å². The first kappa shape index (κ1) is 12.5. The number of rotatable bonds is 4. The minimum absolute atomic E-state index is 0.109. The molecule has 88 valence electrons.